The molecule has 21 heavy (non-hydrogen) atoms. The molecule has 0 aromatic heterocycles. The molecular weight excluding hydrogens is 277 g/mol. The van der Waals surface area contributed by atoms with Crippen molar-refractivity contribution in [3.63, 3.8) is 0 Å². The minimum absolute atomic E-state index is 0.249. The number of nitrogens with one attached hydrogen (secondary N) is 1. The van der Waals surface area contributed by atoms with Crippen LogP contribution in [0.2, 0.25) is 0 Å². The number of ether oxygens (including phenoxy) is 1. The molecule has 2 aliphatic rings. The van der Waals surface area contributed by atoms with Crippen LogP contribution in [0, 0.1) is 17.7 Å². The molecule has 2 N–H and O–H groups in total. The lowest BCUT2D eigenvalue weighted by Gasteiger charge is -2.23. The van der Waals surface area contributed by atoms with Crippen LogP contribution in [0.3, 0.4) is 0 Å². The molecule has 2 bridgehead atoms. The van der Waals surface area contributed by atoms with Crippen LogP contribution in [0.25, 0.3) is 0 Å². The van der Waals surface area contributed by atoms with Crippen molar-refractivity contribution in [1.82, 2.24) is 5.32 Å². The van der Waals surface area contributed by atoms with Gasteiger partial charge in [-0.3, -0.25) is 9.59 Å². The second-order valence-corrected chi connectivity index (χ2v) is 5.52. The Morgan fingerprint density at radius 1 is 1.19 bits per heavy atom. The number of hydrogen-bond donors (Lipinski definition) is 2. The molecule has 4 atom stereocenters. The van der Waals surface area contributed by atoms with Crippen molar-refractivity contribution < 1.29 is 23.8 Å². The van der Waals surface area contributed by atoms with E-state index in [0.717, 1.165) is 12.0 Å². The Kier molecular flexibility index (Phi) is 3.63. The summed E-state index contributed by atoms with van der Waals surface area (Å²) in [5, 5.41) is 12.0. The van der Waals surface area contributed by atoms with Crippen molar-refractivity contribution in [2.45, 2.75) is 31.6 Å². The molecule has 0 radical (unpaired) electrons. The van der Waals surface area contributed by atoms with Gasteiger partial charge in [0, 0.05) is 6.54 Å². The number of amides is 1. The predicted molar refractivity (Wildman–Crippen MR) is 70.8 cm³/mol. The number of carboxylic acids is 1. The van der Waals surface area contributed by atoms with Gasteiger partial charge in [0.2, 0.25) is 5.91 Å². The molecule has 2 aliphatic heterocycles. The molecular formula is C15H16FNO4. The minimum Gasteiger partial charge on any atom is -0.481 e. The molecule has 0 aliphatic carbocycles. The number of carboxylic acid groups (broad SMARTS) is 1. The molecule has 2 fully saturated rings. The van der Waals surface area contributed by atoms with E-state index in [1.54, 1.807) is 12.1 Å². The highest BCUT2D eigenvalue weighted by atomic mass is 19.1. The molecule has 1 aromatic rings. The Bertz CT molecular complexity index is 559. The zero-order valence-electron chi connectivity index (χ0n) is 11.3. The van der Waals surface area contributed by atoms with Gasteiger partial charge in [-0.15, -0.1) is 0 Å². The summed E-state index contributed by atoms with van der Waals surface area (Å²) in [4.78, 5) is 23.6. The number of carbonyl (C=O) groups is 2. The predicted octanol–water partition coefficient (Wildman–Crippen LogP) is 1.32. The first-order valence-corrected chi connectivity index (χ1v) is 6.96. The van der Waals surface area contributed by atoms with Gasteiger partial charge in [-0.05, 0) is 30.5 Å². The summed E-state index contributed by atoms with van der Waals surface area (Å²) >= 11 is 0. The second-order valence-electron chi connectivity index (χ2n) is 5.52. The standard InChI is InChI=1S/C15H16FNO4/c16-9-3-1-8(2-4-9)7-17-14(18)12-10-5-6-11(21-10)13(12)15(19)20/h1-4,10-13H,5-7H2,(H,17,18)(H,19,20)/t10-,11+,12+,13-/m0/s1. The zero-order chi connectivity index (χ0) is 15.0. The summed E-state index contributed by atoms with van der Waals surface area (Å²) < 4.78 is 18.4. The summed E-state index contributed by atoms with van der Waals surface area (Å²) in [7, 11) is 0. The van der Waals surface area contributed by atoms with Gasteiger partial charge in [0.25, 0.3) is 0 Å². The summed E-state index contributed by atoms with van der Waals surface area (Å²) in [6, 6.07) is 5.81. The summed E-state index contributed by atoms with van der Waals surface area (Å²) in [5.74, 6) is -3.03. The van der Waals surface area contributed by atoms with Gasteiger partial charge >= 0.3 is 5.97 Å². The monoisotopic (exact) mass is 293 g/mol. The Hall–Kier alpha value is -1.95. The largest absolute Gasteiger partial charge is 0.481 e. The number of benzene rings is 1. The molecule has 1 aromatic carbocycles. The van der Waals surface area contributed by atoms with Gasteiger partial charge in [-0.25, -0.2) is 4.39 Å². The maximum Gasteiger partial charge on any atom is 0.310 e. The highest BCUT2D eigenvalue weighted by Crippen LogP contribution is 2.43. The molecule has 0 spiro atoms. The van der Waals surface area contributed by atoms with Crippen LogP contribution in [-0.4, -0.2) is 29.2 Å². The van der Waals surface area contributed by atoms with Gasteiger partial charge in [0.15, 0.2) is 0 Å². The highest BCUT2D eigenvalue weighted by molar-refractivity contribution is 5.86. The number of rotatable bonds is 4. The minimum atomic E-state index is -0.982. The first kappa shape index (κ1) is 14.0. The molecule has 2 heterocycles. The first-order valence-electron chi connectivity index (χ1n) is 6.96. The van der Waals surface area contributed by atoms with Crippen LogP contribution in [-0.2, 0) is 20.9 Å². The first-order chi connectivity index (χ1) is 10.1. The van der Waals surface area contributed by atoms with Gasteiger partial charge in [0.05, 0.1) is 24.0 Å². The zero-order valence-corrected chi connectivity index (χ0v) is 11.3. The van der Waals surface area contributed by atoms with Crippen molar-refractivity contribution >= 4 is 11.9 Å². The Morgan fingerprint density at radius 3 is 2.43 bits per heavy atom. The third-order valence-corrected chi connectivity index (χ3v) is 4.24. The molecule has 3 rings (SSSR count). The number of fused-ring (bicyclic) bond motifs is 2. The van der Waals surface area contributed by atoms with E-state index in [2.05, 4.69) is 5.32 Å². The molecule has 0 unspecified atom stereocenters. The van der Waals surface area contributed by atoms with Crippen LogP contribution in [0.5, 0.6) is 0 Å². The van der Waals surface area contributed by atoms with E-state index >= 15 is 0 Å². The van der Waals surface area contributed by atoms with Crippen LogP contribution in [0.15, 0.2) is 24.3 Å². The van der Waals surface area contributed by atoms with Crippen molar-refractivity contribution in [3.8, 4) is 0 Å². The van der Waals surface area contributed by atoms with E-state index in [1.165, 1.54) is 12.1 Å². The smallest absolute Gasteiger partial charge is 0.310 e. The summed E-state index contributed by atoms with van der Waals surface area (Å²) in [6.07, 6.45) is 0.769. The topological polar surface area (TPSA) is 75.6 Å². The maximum absolute atomic E-state index is 12.8. The normalized spacial score (nSPS) is 30.3. The third-order valence-electron chi connectivity index (χ3n) is 4.24. The Balaban J connectivity index is 1.64. The van der Waals surface area contributed by atoms with E-state index in [4.69, 9.17) is 4.74 Å². The van der Waals surface area contributed by atoms with Crippen molar-refractivity contribution in [1.29, 1.82) is 0 Å². The Labute approximate surface area is 121 Å². The lowest BCUT2D eigenvalue weighted by atomic mass is 9.78. The van der Waals surface area contributed by atoms with E-state index in [9.17, 15) is 19.1 Å². The van der Waals surface area contributed by atoms with Gasteiger partial charge in [-0.1, -0.05) is 12.1 Å². The fourth-order valence-electron chi connectivity index (χ4n) is 3.23. The van der Waals surface area contributed by atoms with Gasteiger partial charge in [-0.2, -0.15) is 0 Å². The molecule has 5 nitrogen and oxygen atoms in total. The number of carbonyl (C=O) groups excluding carboxylic acids is 1. The lowest BCUT2D eigenvalue weighted by molar-refractivity contribution is -0.147. The fourth-order valence-corrected chi connectivity index (χ4v) is 3.23. The van der Waals surface area contributed by atoms with Crippen molar-refractivity contribution in [3.05, 3.63) is 35.6 Å². The van der Waals surface area contributed by atoms with Crippen molar-refractivity contribution in [2.75, 3.05) is 0 Å². The average molecular weight is 293 g/mol. The van der Waals surface area contributed by atoms with Crippen LogP contribution in [0.1, 0.15) is 18.4 Å². The second kappa shape index (κ2) is 5.44. The number of hydrogen-bond acceptors (Lipinski definition) is 3. The molecule has 2 saturated heterocycles. The van der Waals surface area contributed by atoms with Crippen LogP contribution in [0.4, 0.5) is 4.39 Å². The number of halogens is 1. The molecule has 0 saturated carbocycles. The molecule has 6 heteroatoms. The number of aliphatic carboxylic acids is 1. The summed E-state index contributed by atoms with van der Waals surface area (Å²) in [6.45, 7) is 0.249. The fraction of sp³-hybridized carbons (Fsp3) is 0.467. The quantitative estimate of drug-likeness (QED) is 0.878. The Morgan fingerprint density at radius 2 is 1.81 bits per heavy atom. The molecule has 1 amide bonds. The van der Waals surface area contributed by atoms with Crippen LogP contribution < -0.4 is 5.32 Å². The third kappa shape index (κ3) is 2.63. The SMILES string of the molecule is O=C(O)[C@@H]1[C@H](C(=O)NCc2ccc(F)cc2)[C@@H]2CC[C@H]1O2. The highest BCUT2D eigenvalue weighted by Gasteiger charge is 2.55. The van der Waals surface area contributed by atoms with E-state index in [1.807, 2.05) is 0 Å². The van der Waals surface area contributed by atoms with E-state index in [0.29, 0.717) is 6.42 Å². The van der Waals surface area contributed by atoms with Gasteiger partial charge in [0.1, 0.15) is 5.82 Å². The lowest BCUT2D eigenvalue weighted by Crippen LogP contribution is -2.43. The van der Waals surface area contributed by atoms with Crippen LogP contribution >= 0.6 is 0 Å². The average Bonchev–Trinajstić information content (AvgIpc) is 3.06. The van der Waals surface area contributed by atoms with E-state index in [-0.39, 0.29) is 30.5 Å². The maximum atomic E-state index is 12.8. The van der Waals surface area contributed by atoms with E-state index < -0.39 is 17.8 Å². The van der Waals surface area contributed by atoms with Gasteiger partial charge < -0.3 is 15.2 Å². The molecule has 112 valence electrons. The summed E-state index contributed by atoms with van der Waals surface area (Å²) in [5.41, 5.74) is 0.765. The van der Waals surface area contributed by atoms with Crippen molar-refractivity contribution in [2.24, 2.45) is 11.8 Å².